The number of nitrogens with one attached hydrogen (secondary N) is 1. The largest absolute Gasteiger partial charge is 0.314 e. The SMILES string of the molecule is CN(C)CC1CCCN1CCC1CCCN1. The zero-order chi connectivity index (χ0) is 11.4. The number of hydrogen-bond acceptors (Lipinski definition) is 3. The van der Waals surface area contributed by atoms with Crippen LogP contribution in [-0.4, -0.2) is 62.2 Å². The lowest BCUT2D eigenvalue weighted by Gasteiger charge is -2.27. The van der Waals surface area contributed by atoms with Crippen molar-refractivity contribution in [2.75, 3.05) is 40.3 Å². The Kier molecular flexibility index (Phi) is 4.62. The van der Waals surface area contributed by atoms with Crippen molar-refractivity contribution in [1.29, 1.82) is 0 Å². The fraction of sp³-hybridized carbons (Fsp3) is 1.00. The highest BCUT2D eigenvalue weighted by molar-refractivity contribution is 4.83. The smallest absolute Gasteiger partial charge is 0.0223 e. The van der Waals surface area contributed by atoms with Crippen molar-refractivity contribution in [2.45, 2.75) is 44.2 Å². The molecule has 3 nitrogen and oxygen atoms in total. The molecule has 0 saturated carbocycles. The van der Waals surface area contributed by atoms with Crippen molar-refractivity contribution >= 4 is 0 Å². The topological polar surface area (TPSA) is 18.5 Å². The molecule has 2 rings (SSSR count). The number of nitrogens with zero attached hydrogens (tertiary/aromatic N) is 2. The maximum atomic E-state index is 3.60. The third-order valence-corrected chi connectivity index (χ3v) is 4.00. The van der Waals surface area contributed by atoms with Gasteiger partial charge in [-0.15, -0.1) is 0 Å². The molecule has 2 saturated heterocycles. The molecule has 2 unspecified atom stereocenters. The molecular weight excluding hydrogens is 198 g/mol. The predicted molar refractivity (Wildman–Crippen MR) is 68.8 cm³/mol. The summed E-state index contributed by atoms with van der Waals surface area (Å²) in [6.07, 6.45) is 6.93. The average Bonchev–Trinajstić information content (AvgIpc) is 2.84. The van der Waals surface area contributed by atoms with E-state index in [-0.39, 0.29) is 0 Å². The summed E-state index contributed by atoms with van der Waals surface area (Å²) < 4.78 is 0. The molecule has 2 aliphatic rings. The van der Waals surface area contributed by atoms with Crippen LogP contribution in [0.5, 0.6) is 0 Å². The molecule has 0 radical (unpaired) electrons. The highest BCUT2D eigenvalue weighted by Crippen LogP contribution is 2.19. The quantitative estimate of drug-likeness (QED) is 0.757. The molecule has 2 atom stereocenters. The molecule has 0 aromatic heterocycles. The molecule has 0 aromatic carbocycles. The van der Waals surface area contributed by atoms with Gasteiger partial charge < -0.3 is 10.2 Å². The normalized spacial score (nSPS) is 31.7. The van der Waals surface area contributed by atoms with Gasteiger partial charge in [0.15, 0.2) is 0 Å². The van der Waals surface area contributed by atoms with Crippen molar-refractivity contribution in [3.63, 3.8) is 0 Å². The van der Waals surface area contributed by atoms with Gasteiger partial charge in [0, 0.05) is 18.6 Å². The first-order valence-corrected chi connectivity index (χ1v) is 6.88. The summed E-state index contributed by atoms with van der Waals surface area (Å²) in [5, 5.41) is 3.60. The third-order valence-electron chi connectivity index (χ3n) is 4.00. The molecular formula is C13H27N3. The highest BCUT2D eigenvalue weighted by atomic mass is 15.2. The fourth-order valence-electron chi connectivity index (χ4n) is 3.14. The standard InChI is InChI=1S/C13H27N3/c1-15(2)11-13-6-4-9-16(13)10-7-12-5-3-8-14-12/h12-14H,3-11H2,1-2H3. The van der Waals surface area contributed by atoms with Gasteiger partial charge in [0.1, 0.15) is 0 Å². The van der Waals surface area contributed by atoms with Crippen molar-refractivity contribution in [1.82, 2.24) is 15.1 Å². The van der Waals surface area contributed by atoms with Gasteiger partial charge in [-0.25, -0.2) is 0 Å². The van der Waals surface area contributed by atoms with Crippen LogP contribution in [0.25, 0.3) is 0 Å². The highest BCUT2D eigenvalue weighted by Gasteiger charge is 2.25. The Balaban J connectivity index is 1.70. The van der Waals surface area contributed by atoms with Crippen molar-refractivity contribution in [3.05, 3.63) is 0 Å². The number of likely N-dealkylation sites (tertiary alicyclic amines) is 1. The van der Waals surface area contributed by atoms with E-state index >= 15 is 0 Å². The summed E-state index contributed by atoms with van der Waals surface area (Å²) in [6.45, 7) is 5.10. The van der Waals surface area contributed by atoms with Gasteiger partial charge in [-0.3, -0.25) is 4.90 Å². The lowest BCUT2D eigenvalue weighted by Crippen LogP contribution is -2.39. The lowest BCUT2D eigenvalue weighted by atomic mass is 10.1. The Morgan fingerprint density at radius 1 is 1.25 bits per heavy atom. The molecule has 2 heterocycles. The Morgan fingerprint density at radius 2 is 2.12 bits per heavy atom. The minimum Gasteiger partial charge on any atom is -0.314 e. The Morgan fingerprint density at radius 3 is 2.81 bits per heavy atom. The maximum absolute atomic E-state index is 3.60. The van der Waals surface area contributed by atoms with Crippen molar-refractivity contribution in [3.8, 4) is 0 Å². The van der Waals surface area contributed by atoms with Crippen LogP contribution in [0, 0.1) is 0 Å². The zero-order valence-electron chi connectivity index (χ0n) is 10.9. The monoisotopic (exact) mass is 225 g/mol. The number of rotatable bonds is 5. The summed E-state index contributed by atoms with van der Waals surface area (Å²) in [7, 11) is 4.38. The van der Waals surface area contributed by atoms with Crippen molar-refractivity contribution < 1.29 is 0 Å². The molecule has 2 fully saturated rings. The van der Waals surface area contributed by atoms with Crippen LogP contribution in [0.15, 0.2) is 0 Å². The molecule has 94 valence electrons. The Labute approximate surface area is 100 Å². The van der Waals surface area contributed by atoms with E-state index in [0.29, 0.717) is 0 Å². The van der Waals surface area contributed by atoms with Gasteiger partial charge in [0.05, 0.1) is 0 Å². The van der Waals surface area contributed by atoms with E-state index in [2.05, 4.69) is 29.2 Å². The first-order chi connectivity index (χ1) is 7.75. The van der Waals surface area contributed by atoms with Crippen LogP contribution in [0.1, 0.15) is 32.1 Å². The Bertz CT molecular complexity index is 199. The van der Waals surface area contributed by atoms with Crippen LogP contribution in [0.3, 0.4) is 0 Å². The first-order valence-electron chi connectivity index (χ1n) is 6.88. The van der Waals surface area contributed by atoms with Gasteiger partial charge in [-0.1, -0.05) is 0 Å². The molecule has 0 aromatic rings. The average molecular weight is 225 g/mol. The van der Waals surface area contributed by atoms with Gasteiger partial charge in [-0.05, 0) is 65.8 Å². The van der Waals surface area contributed by atoms with E-state index in [0.717, 1.165) is 12.1 Å². The van der Waals surface area contributed by atoms with E-state index in [9.17, 15) is 0 Å². The van der Waals surface area contributed by atoms with Crippen LogP contribution < -0.4 is 5.32 Å². The van der Waals surface area contributed by atoms with Crippen LogP contribution in [-0.2, 0) is 0 Å². The van der Waals surface area contributed by atoms with Gasteiger partial charge in [0.25, 0.3) is 0 Å². The summed E-state index contributed by atoms with van der Waals surface area (Å²) in [6, 6.07) is 1.62. The maximum Gasteiger partial charge on any atom is 0.0223 e. The number of likely N-dealkylation sites (N-methyl/N-ethyl adjacent to an activating group) is 1. The van der Waals surface area contributed by atoms with Crippen LogP contribution in [0.2, 0.25) is 0 Å². The molecule has 2 aliphatic heterocycles. The first kappa shape index (κ1) is 12.3. The molecule has 3 heteroatoms. The van der Waals surface area contributed by atoms with E-state index in [1.165, 1.54) is 58.3 Å². The van der Waals surface area contributed by atoms with Gasteiger partial charge >= 0.3 is 0 Å². The molecule has 0 aliphatic carbocycles. The van der Waals surface area contributed by atoms with E-state index in [1.807, 2.05) is 0 Å². The summed E-state index contributed by atoms with van der Waals surface area (Å²) in [5.41, 5.74) is 0. The fourth-order valence-corrected chi connectivity index (χ4v) is 3.14. The van der Waals surface area contributed by atoms with E-state index in [1.54, 1.807) is 0 Å². The van der Waals surface area contributed by atoms with Gasteiger partial charge in [0.2, 0.25) is 0 Å². The zero-order valence-corrected chi connectivity index (χ0v) is 10.9. The summed E-state index contributed by atoms with van der Waals surface area (Å²) >= 11 is 0. The number of hydrogen-bond donors (Lipinski definition) is 1. The van der Waals surface area contributed by atoms with Crippen molar-refractivity contribution in [2.24, 2.45) is 0 Å². The molecule has 0 spiro atoms. The molecule has 0 amide bonds. The summed E-state index contributed by atoms with van der Waals surface area (Å²) in [4.78, 5) is 5.04. The van der Waals surface area contributed by atoms with Crippen LogP contribution in [0.4, 0.5) is 0 Å². The second-order valence-corrected chi connectivity index (χ2v) is 5.68. The molecule has 0 bridgehead atoms. The second-order valence-electron chi connectivity index (χ2n) is 5.68. The minimum atomic E-state index is 0.806. The molecule has 16 heavy (non-hydrogen) atoms. The van der Waals surface area contributed by atoms with E-state index < -0.39 is 0 Å². The lowest BCUT2D eigenvalue weighted by molar-refractivity contribution is 0.200. The third kappa shape index (κ3) is 3.44. The van der Waals surface area contributed by atoms with Gasteiger partial charge in [-0.2, -0.15) is 0 Å². The van der Waals surface area contributed by atoms with Crippen LogP contribution >= 0.6 is 0 Å². The summed E-state index contributed by atoms with van der Waals surface area (Å²) in [5.74, 6) is 0. The predicted octanol–water partition coefficient (Wildman–Crippen LogP) is 1.15. The van der Waals surface area contributed by atoms with E-state index in [4.69, 9.17) is 0 Å². The minimum absolute atomic E-state index is 0.806. The second kappa shape index (κ2) is 5.99. The Hall–Kier alpha value is -0.120. The molecule has 1 N–H and O–H groups in total.